The molecule has 0 radical (unpaired) electrons. The Balaban J connectivity index is 1.42. The van der Waals surface area contributed by atoms with Crippen molar-refractivity contribution in [3.8, 4) is 0 Å². The van der Waals surface area contributed by atoms with Crippen LogP contribution in [0, 0.1) is 11.8 Å². The Labute approximate surface area is 221 Å². The molecule has 0 bridgehead atoms. The van der Waals surface area contributed by atoms with Crippen molar-refractivity contribution >= 4 is 28.4 Å². The van der Waals surface area contributed by atoms with Gasteiger partial charge in [0.2, 0.25) is 5.91 Å². The number of hydrogen-bond donors (Lipinski definition) is 7. The van der Waals surface area contributed by atoms with E-state index >= 15 is 0 Å². The molecule has 2 aliphatic heterocycles. The molecule has 2 heterocycles. The van der Waals surface area contributed by atoms with Crippen LogP contribution in [0.15, 0.2) is 0 Å². The Morgan fingerprint density at radius 3 is 2.53 bits per heavy atom. The summed E-state index contributed by atoms with van der Waals surface area (Å²) in [5, 5.41) is 39.3. The molecule has 3 aliphatic rings. The lowest BCUT2D eigenvalue weighted by Gasteiger charge is -2.46. The van der Waals surface area contributed by atoms with Gasteiger partial charge in [-0.1, -0.05) is 6.42 Å². The van der Waals surface area contributed by atoms with Crippen LogP contribution in [0.1, 0.15) is 58.3 Å². The number of halogens is 3. The highest BCUT2D eigenvalue weighted by Gasteiger charge is 2.45. The van der Waals surface area contributed by atoms with Crippen LogP contribution in [0.5, 0.6) is 0 Å². The minimum absolute atomic E-state index is 0.163. The minimum atomic E-state index is -2.60. The van der Waals surface area contributed by atoms with Crippen LogP contribution in [-0.4, -0.2) is 99.8 Å². The van der Waals surface area contributed by atoms with Crippen LogP contribution in [0.25, 0.3) is 0 Å². The molecule has 9 atom stereocenters. The molecule has 1 amide bonds. The first-order valence-electron chi connectivity index (χ1n) is 13.5. The number of amides is 1. The lowest BCUT2D eigenvalue weighted by Crippen LogP contribution is -2.62. The predicted octanol–water partition coefficient (Wildman–Crippen LogP) is 1.76. The number of carbonyl (C=O) groups is 1. The van der Waals surface area contributed by atoms with Crippen LogP contribution in [0.4, 0.5) is 8.78 Å². The number of aliphatic hydroxyl groups is 3. The fraction of sp³-hybridized carbons (Fsp3) is 0.960. The number of alkyl halides is 3. The van der Waals surface area contributed by atoms with Gasteiger partial charge in [-0.15, -0.1) is 11.6 Å². The zero-order valence-electron chi connectivity index (χ0n) is 21.5. The van der Waals surface area contributed by atoms with E-state index < -0.39 is 57.7 Å². The highest BCUT2D eigenvalue weighted by atomic mass is 35.5. The molecule has 11 heteroatoms. The molecule has 0 spiro atoms. The Bertz CT molecular complexity index is 706. The molecule has 3 fully saturated rings. The van der Waals surface area contributed by atoms with E-state index in [-0.39, 0.29) is 18.5 Å². The zero-order chi connectivity index (χ0) is 26.5. The normalized spacial score (nSPS) is 36.9. The van der Waals surface area contributed by atoms with Crippen LogP contribution >= 0.6 is 22.5 Å². The van der Waals surface area contributed by atoms with Gasteiger partial charge in [-0.05, 0) is 77.1 Å². The van der Waals surface area contributed by atoms with E-state index in [0.29, 0.717) is 44.0 Å². The van der Waals surface area contributed by atoms with Crippen LogP contribution in [0.2, 0.25) is 0 Å². The summed E-state index contributed by atoms with van der Waals surface area (Å²) in [4.78, 5) is 13.2. The fourth-order valence-electron chi connectivity index (χ4n) is 5.81. The second-order valence-electron chi connectivity index (χ2n) is 11.1. The first kappa shape index (κ1) is 30.3. The lowest BCUT2D eigenvalue weighted by molar-refractivity contribution is -0.124. The Morgan fingerprint density at radius 2 is 1.89 bits per heavy atom. The molecular formula is C25H46ClF2N3O4S. The van der Waals surface area contributed by atoms with Crippen LogP contribution < -0.4 is 16.0 Å². The number of hydrogen-bond acceptors (Lipinski definition) is 6. The molecule has 0 aromatic rings. The lowest BCUT2D eigenvalue weighted by atomic mass is 9.80. The SMILES string of the molecule is C[C@H](Cl)[C@@H](NC(=O)[C@@H]1CC[C@H](CCCNCC(F)(F)C2CCC2)CCN1)[C@@H]1[C@H](O)[C@@H](O)[C@@H](O)C[SH]1C. The summed E-state index contributed by atoms with van der Waals surface area (Å²) in [6.07, 6.45) is 5.02. The Hall–Kier alpha value is -0.230. The first-order valence-corrected chi connectivity index (χ1v) is 16.0. The quantitative estimate of drug-likeness (QED) is 0.118. The van der Waals surface area contributed by atoms with Gasteiger partial charge in [-0.3, -0.25) is 4.79 Å². The van der Waals surface area contributed by atoms with Crippen molar-refractivity contribution in [1.29, 1.82) is 0 Å². The van der Waals surface area contributed by atoms with Gasteiger partial charge >= 0.3 is 0 Å². The molecule has 7 nitrogen and oxygen atoms in total. The van der Waals surface area contributed by atoms with Gasteiger partial charge in [0, 0.05) is 16.9 Å². The number of carbonyl (C=O) groups excluding carboxylic acids is 1. The molecule has 3 rings (SSSR count). The average Bonchev–Trinajstić information content (AvgIpc) is 3.00. The summed E-state index contributed by atoms with van der Waals surface area (Å²) in [5.74, 6) is -2.39. The fourth-order valence-corrected chi connectivity index (χ4v) is 8.76. The van der Waals surface area contributed by atoms with Gasteiger partial charge in [0.15, 0.2) is 0 Å². The largest absolute Gasteiger partial charge is 0.390 e. The molecule has 1 aliphatic carbocycles. The van der Waals surface area contributed by atoms with Crippen LogP contribution in [-0.2, 0) is 4.79 Å². The second-order valence-corrected chi connectivity index (χ2v) is 14.3. The monoisotopic (exact) mass is 557 g/mol. The van der Waals surface area contributed by atoms with E-state index in [2.05, 4.69) is 16.0 Å². The van der Waals surface area contributed by atoms with Crippen LogP contribution in [0.3, 0.4) is 0 Å². The third-order valence-electron chi connectivity index (χ3n) is 8.40. The van der Waals surface area contributed by atoms with E-state index in [1.165, 1.54) is 0 Å². The van der Waals surface area contributed by atoms with E-state index in [1.807, 2.05) is 6.26 Å². The number of aliphatic hydroxyl groups excluding tert-OH is 3. The number of thiol groups is 1. The van der Waals surface area contributed by atoms with Crippen molar-refractivity contribution in [2.45, 2.75) is 105 Å². The average molecular weight is 558 g/mol. The smallest absolute Gasteiger partial charge is 0.263 e. The summed E-state index contributed by atoms with van der Waals surface area (Å²) >= 11 is 6.44. The maximum absolute atomic E-state index is 14.0. The van der Waals surface area contributed by atoms with E-state index in [1.54, 1.807) is 6.92 Å². The van der Waals surface area contributed by atoms with Crippen molar-refractivity contribution in [3.05, 3.63) is 0 Å². The van der Waals surface area contributed by atoms with E-state index in [0.717, 1.165) is 32.1 Å². The zero-order valence-corrected chi connectivity index (χ0v) is 23.2. The third-order valence-corrected chi connectivity index (χ3v) is 11.3. The maximum atomic E-state index is 14.0. The van der Waals surface area contributed by atoms with Crippen molar-refractivity contribution < 1.29 is 28.9 Å². The molecule has 36 heavy (non-hydrogen) atoms. The van der Waals surface area contributed by atoms with Gasteiger partial charge in [0.25, 0.3) is 5.92 Å². The molecule has 1 unspecified atom stereocenters. The van der Waals surface area contributed by atoms with Gasteiger partial charge < -0.3 is 31.3 Å². The molecular weight excluding hydrogens is 512 g/mol. The third kappa shape index (κ3) is 7.90. The standard InChI is InChI=1S/C25H46ClF2N3O4S/c1-15(26)20(23-22(34)21(33)19(32)13-36(23)2)31-24(35)18-9-8-16(10-12-30-18)5-4-11-29-14-25(27,28)17-6-3-7-17/h15-23,29-30,32-34,36H,3-14H2,1-2H3,(H,31,35)/t15-,16-,18-,19-,20+,21-,22+,23+/m0/s1. The summed E-state index contributed by atoms with van der Waals surface area (Å²) in [6, 6.07) is -0.885. The van der Waals surface area contributed by atoms with Crippen molar-refractivity contribution in [1.82, 2.24) is 16.0 Å². The summed E-state index contributed by atoms with van der Waals surface area (Å²) in [7, 11) is -0.845. The molecule has 0 aromatic heterocycles. The highest BCUT2D eigenvalue weighted by molar-refractivity contribution is 8.17. The summed E-state index contributed by atoms with van der Waals surface area (Å²) in [5.41, 5.74) is 0. The predicted molar refractivity (Wildman–Crippen MR) is 142 cm³/mol. The summed E-state index contributed by atoms with van der Waals surface area (Å²) in [6.45, 7) is 2.81. The van der Waals surface area contributed by atoms with Gasteiger partial charge in [-0.2, -0.15) is 0 Å². The minimum Gasteiger partial charge on any atom is -0.390 e. The van der Waals surface area contributed by atoms with E-state index in [9.17, 15) is 28.9 Å². The summed E-state index contributed by atoms with van der Waals surface area (Å²) < 4.78 is 28.0. The molecule has 212 valence electrons. The van der Waals surface area contributed by atoms with Crippen molar-refractivity contribution in [2.75, 3.05) is 31.6 Å². The topological polar surface area (TPSA) is 114 Å². The highest BCUT2D eigenvalue weighted by Crippen LogP contribution is 2.41. The number of nitrogens with one attached hydrogen (secondary N) is 3. The Kier molecular flexibility index (Phi) is 11.5. The van der Waals surface area contributed by atoms with Gasteiger partial charge in [0.05, 0.1) is 36.2 Å². The second kappa shape index (κ2) is 13.7. The first-order chi connectivity index (χ1) is 17.0. The van der Waals surface area contributed by atoms with Gasteiger partial charge in [-0.25, -0.2) is 19.7 Å². The Morgan fingerprint density at radius 1 is 1.17 bits per heavy atom. The van der Waals surface area contributed by atoms with Gasteiger partial charge in [0.1, 0.15) is 6.10 Å². The molecule has 1 saturated carbocycles. The molecule has 0 aromatic carbocycles. The van der Waals surface area contributed by atoms with Crippen molar-refractivity contribution in [3.63, 3.8) is 0 Å². The molecule has 2 saturated heterocycles. The maximum Gasteiger partial charge on any atom is 0.263 e. The van der Waals surface area contributed by atoms with Crippen molar-refractivity contribution in [2.24, 2.45) is 11.8 Å². The molecule has 6 N–H and O–H groups in total. The number of rotatable bonds is 11. The van der Waals surface area contributed by atoms with E-state index in [4.69, 9.17) is 11.6 Å².